The Morgan fingerprint density at radius 3 is 2.56 bits per heavy atom. The number of nitro benzene ring substituents is 1. The summed E-state index contributed by atoms with van der Waals surface area (Å²) < 4.78 is 0. The second kappa shape index (κ2) is 8.09. The molecule has 2 aromatic carbocycles. The van der Waals surface area contributed by atoms with Crippen LogP contribution in [-0.2, 0) is 0 Å². The van der Waals surface area contributed by atoms with Gasteiger partial charge in [-0.25, -0.2) is 0 Å². The molecule has 0 aromatic heterocycles. The van der Waals surface area contributed by atoms with Crippen LogP contribution in [0.15, 0.2) is 54.6 Å². The number of hydrogen-bond acceptors (Lipinski definition) is 5. The van der Waals surface area contributed by atoms with Crippen molar-refractivity contribution >= 4 is 11.4 Å². The van der Waals surface area contributed by atoms with Gasteiger partial charge in [-0.3, -0.25) is 10.1 Å². The van der Waals surface area contributed by atoms with E-state index in [-0.39, 0.29) is 5.69 Å². The van der Waals surface area contributed by atoms with E-state index in [0.717, 1.165) is 31.6 Å². The second-order valence-corrected chi connectivity index (χ2v) is 6.45. The van der Waals surface area contributed by atoms with Gasteiger partial charge in [0.1, 0.15) is 0 Å². The van der Waals surface area contributed by atoms with Gasteiger partial charge in [0.25, 0.3) is 5.69 Å². The summed E-state index contributed by atoms with van der Waals surface area (Å²) in [5.41, 5.74) is 1.75. The van der Waals surface area contributed by atoms with Crippen LogP contribution >= 0.6 is 0 Å². The van der Waals surface area contributed by atoms with Crippen LogP contribution in [0, 0.1) is 10.1 Å². The minimum atomic E-state index is -0.710. The zero-order valence-corrected chi connectivity index (χ0v) is 14.0. The Hall–Kier alpha value is -2.44. The van der Waals surface area contributed by atoms with Gasteiger partial charge in [0.15, 0.2) is 0 Å². The van der Waals surface area contributed by atoms with Gasteiger partial charge in [0.2, 0.25) is 0 Å². The van der Waals surface area contributed by atoms with Crippen molar-refractivity contribution in [3.8, 4) is 0 Å². The number of hydrogen-bond donors (Lipinski definition) is 2. The van der Waals surface area contributed by atoms with Gasteiger partial charge < -0.3 is 15.3 Å². The summed E-state index contributed by atoms with van der Waals surface area (Å²) in [6.07, 6.45) is 1.31. The van der Waals surface area contributed by atoms with Crippen molar-refractivity contribution in [2.24, 2.45) is 0 Å². The molecule has 1 atom stereocenters. The first kappa shape index (κ1) is 17.4. The summed E-state index contributed by atoms with van der Waals surface area (Å²) in [6, 6.07) is 16.9. The van der Waals surface area contributed by atoms with Crippen LogP contribution in [0.5, 0.6) is 0 Å². The largest absolute Gasteiger partial charge is 0.387 e. The predicted molar refractivity (Wildman–Crippen MR) is 97.6 cm³/mol. The molecule has 0 spiro atoms. The molecule has 6 heteroatoms. The molecule has 132 valence electrons. The molecule has 0 aliphatic carbocycles. The molecule has 1 saturated heterocycles. The number of nitrogens with one attached hydrogen (secondary N) is 1. The quantitative estimate of drug-likeness (QED) is 0.623. The van der Waals surface area contributed by atoms with E-state index in [1.807, 2.05) is 18.2 Å². The SMILES string of the molecule is O=[N+]([O-])c1cccc([C@@H](O)CN2CCC(Nc3ccccc3)CC2)c1. The number of benzene rings is 2. The van der Waals surface area contributed by atoms with Gasteiger partial charge in [0, 0.05) is 43.5 Å². The average molecular weight is 341 g/mol. The normalized spacial score (nSPS) is 17.2. The summed E-state index contributed by atoms with van der Waals surface area (Å²) >= 11 is 0. The van der Waals surface area contributed by atoms with Gasteiger partial charge >= 0.3 is 0 Å². The predicted octanol–water partition coefficient (Wildman–Crippen LogP) is 3.20. The summed E-state index contributed by atoms with van der Waals surface area (Å²) in [5.74, 6) is 0. The first-order chi connectivity index (χ1) is 12.1. The number of aliphatic hydroxyl groups is 1. The van der Waals surface area contributed by atoms with E-state index in [9.17, 15) is 15.2 Å². The number of nitro groups is 1. The van der Waals surface area contributed by atoms with Crippen molar-refractivity contribution in [3.05, 3.63) is 70.3 Å². The number of piperidine rings is 1. The highest BCUT2D eigenvalue weighted by Crippen LogP contribution is 2.22. The van der Waals surface area contributed by atoms with Crippen molar-refractivity contribution in [3.63, 3.8) is 0 Å². The van der Waals surface area contributed by atoms with Gasteiger partial charge in [-0.15, -0.1) is 0 Å². The van der Waals surface area contributed by atoms with Crippen LogP contribution in [-0.4, -0.2) is 40.6 Å². The zero-order valence-electron chi connectivity index (χ0n) is 14.0. The lowest BCUT2D eigenvalue weighted by Gasteiger charge is -2.34. The summed E-state index contributed by atoms with van der Waals surface area (Å²) in [5, 5.41) is 24.8. The third-order valence-electron chi connectivity index (χ3n) is 4.63. The Balaban J connectivity index is 1.50. The van der Waals surface area contributed by atoms with E-state index >= 15 is 0 Å². The monoisotopic (exact) mass is 341 g/mol. The molecule has 2 aromatic rings. The maximum Gasteiger partial charge on any atom is 0.269 e. The lowest BCUT2D eigenvalue weighted by molar-refractivity contribution is -0.385. The lowest BCUT2D eigenvalue weighted by atomic mass is 10.0. The fraction of sp³-hybridized carbons (Fsp3) is 0.368. The Morgan fingerprint density at radius 1 is 1.16 bits per heavy atom. The Morgan fingerprint density at radius 2 is 1.88 bits per heavy atom. The zero-order chi connectivity index (χ0) is 17.6. The number of likely N-dealkylation sites (tertiary alicyclic amines) is 1. The summed E-state index contributed by atoms with van der Waals surface area (Å²) in [7, 11) is 0. The fourth-order valence-corrected chi connectivity index (χ4v) is 3.23. The average Bonchev–Trinajstić information content (AvgIpc) is 2.64. The Kier molecular flexibility index (Phi) is 5.63. The number of non-ortho nitro benzene ring substituents is 1. The number of rotatable bonds is 6. The van der Waals surface area contributed by atoms with Gasteiger partial charge in [-0.05, 0) is 30.5 Å². The number of para-hydroxylation sites is 1. The summed E-state index contributed by atoms with van der Waals surface area (Å²) in [6.45, 7) is 2.30. The molecular formula is C19H23N3O3. The van der Waals surface area contributed by atoms with Crippen LogP contribution in [0.2, 0.25) is 0 Å². The molecule has 0 radical (unpaired) electrons. The minimum Gasteiger partial charge on any atom is -0.387 e. The molecule has 1 heterocycles. The number of nitrogens with zero attached hydrogens (tertiary/aromatic N) is 2. The van der Waals surface area contributed by atoms with Crippen LogP contribution in [0.4, 0.5) is 11.4 Å². The van der Waals surface area contributed by atoms with E-state index in [0.29, 0.717) is 18.2 Å². The molecule has 25 heavy (non-hydrogen) atoms. The van der Waals surface area contributed by atoms with Crippen LogP contribution in [0.1, 0.15) is 24.5 Å². The fourth-order valence-electron chi connectivity index (χ4n) is 3.23. The third-order valence-corrected chi connectivity index (χ3v) is 4.63. The van der Waals surface area contributed by atoms with Crippen molar-refractivity contribution in [1.82, 2.24) is 4.90 Å². The van der Waals surface area contributed by atoms with E-state index in [1.165, 1.54) is 12.1 Å². The van der Waals surface area contributed by atoms with E-state index in [4.69, 9.17) is 0 Å². The first-order valence-corrected chi connectivity index (χ1v) is 8.58. The Labute approximate surface area is 147 Å². The molecule has 0 amide bonds. The molecule has 3 rings (SSSR count). The molecule has 2 N–H and O–H groups in total. The van der Waals surface area contributed by atoms with Crippen molar-refractivity contribution in [2.45, 2.75) is 25.0 Å². The van der Waals surface area contributed by atoms with E-state index in [2.05, 4.69) is 22.3 Å². The van der Waals surface area contributed by atoms with Crippen molar-refractivity contribution < 1.29 is 10.0 Å². The topological polar surface area (TPSA) is 78.6 Å². The smallest absolute Gasteiger partial charge is 0.269 e. The minimum absolute atomic E-state index is 0.0160. The van der Waals surface area contributed by atoms with Gasteiger partial charge in [-0.1, -0.05) is 30.3 Å². The molecule has 0 bridgehead atoms. The molecule has 1 fully saturated rings. The van der Waals surface area contributed by atoms with Crippen molar-refractivity contribution in [1.29, 1.82) is 0 Å². The highest BCUT2D eigenvalue weighted by molar-refractivity contribution is 5.43. The van der Waals surface area contributed by atoms with Crippen LogP contribution in [0.3, 0.4) is 0 Å². The van der Waals surface area contributed by atoms with Crippen LogP contribution < -0.4 is 5.32 Å². The molecular weight excluding hydrogens is 318 g/mol. The molecule has 6 nitrogen and oxygen atoms in total. The summed E-state index contributed by atoms with van der Waals surface area (Å²) in [4.78, 5) is 12.6. The first-order valence-electron chi connectivity index (χ1n) is 8.58. The lowest BCUT2D eigenvalue weighted by Crippen LogP contribution is -2.40. The van der Waals surface area contributed by atoms with Gasteiger partial charge in [0.05, 0.1) is 11.0 Å². The van der Waals surface area contributed by atoms with Crippen molar-refractivity contribution in [2.75, 3.05) is 25.0 Å². The van der Waals surface area contributed by atoms with Crippen LogP contribution in [0.25, 0.3) is 0 Å². The maximum absolute atomic E-state index is 10.9. The van der Waals surface area contributed by atoms with Gasteiger partial charge in [-0.2, -0.15) is 0 Å². The third kappa shape index (κ3) is 4.78. The second-order valence-electron chi connectivity index (χ2n) is 6.45. The molecule has 0 saturated carbocycles. The number of aliphatic hydroxyl groups excluding tert-OH is 1. The molecule has 1 aliphatic rings. The highest BCUT2D eigenvalue weighted by atomic mass is 16.6. The number of anilines is 1. The standard InChI is InChI=1S/C19H23N3O3/c23-19(15-5-4-8-18(13-15)22(24)25)14-21-11-9-17(10-12-21)20-16-6-2-1-3-7-16/h1-8,13,17,19-20,23H,9-12,14H2/t19-/m0/s1. The van der Waals surface area contributed by atoms with E-state index in [1.54, 1.807) is 12.1 Å². The molecule has 0 unspecified atom stereocenters. The molecule has 1 aliphatic heterocycles. The number of β-amino-alcohol motifs (C(OH)–C–C–N with tert-alkyl or cyclic N) is 1. The highest BCUT2D eigenvalue weighted by Gasteiger charge is 2.22. The Bertz CT molecular complexity index is 700. The van der Waals surface area contributed by atoms with E-state index < -0.39 is 11.0 Å². The maximum atomic E-state index is 10.9.